The summed E-state index contributed by atoms with van der Waals surface area (Å²) in [6.07, 6.45) is 3.22. The minimum absolute atomic E-state index is 0.0656. The Labute approximate surface area is 127 Å². The van der Waals surface area contributed by atoms with Crippen LogP contribution in [0.1, 0.15) is 31.4 Å². The van der Waals surface area contributed by atoms with Crippen LogP contribution in [0.5, 0.6) is 5.75 Å². The van der Waals surface area contributed by atoms with Crippen molar-refractivity contribution in [3.63, 3.8) is 0 Å². The van der Waals surface area contributed by atoms with Crippen molar-refractivity contribution < 1.29 is 14.3 Å². The molecule has 1 atom stereocenters. The number of nitrogens with one attached hydrogen (secondary N) is 1. The fourth-order valence-corrected chi connectivity index (χ4v) is 2.61. The molecule has 1 aliphatic rings. The highest BCUT2D eigenvalue weighted by atomic mass is 79.9. The van der Waals surface area contributed by atoms with Gasteiger partial charge in [-0.2, -0.15) is 0 Å². The molecule has 1 N–H and O–H groups in total. The van der Waals surface area contributed by atoms with Crippen molar-refractivity contribution in [2.45, 2.75) is 25.8 Å². The summed E-state index contributed by atoms with van der Waals surface area (Å²) < 4.78 is 11.3. The summed E-state index contributed by atoms with van der Waals surface area (Å²) in [7, 11) is 1.63. The molecule has 1 heterocycles. The smallest absolute Gasteiger partial charge is 0.250 e. The third-order valence-electron chi connectivity index (χ3n) is 3.25. The van der Waals surface area contributed by atoms with Crippen LogP contribution >= 0.6 is 15.9 Å². The van der Waals surface area contributed by atoms with Crippen molar-refractivity contribution in [1.29, 1.82) is 0 Å². The van der Waals surface area contributed by atoms with Gasteiger partial charge in [0.05, 0.1) is 36.1 Å². The van der Waals surface area contributed by atoms with Crippen LogP contribution in [0.4, 0.5) is 0 Å². The highest BCUT2D eigenvalue weighted by Crippen LogP contribution is 2.28. The molecule has 0 radical (unpaired) electrons. The SMILES string of the molecule is COc1ccc(C(C)NC(=O)C2=COCCC2)cc1Br. The van der Waals surface area contributed by atoms with E-state index in [0.29, 0.717) is 12.2 Å². The topological polar surface area (TPSA) is 47.6 Å². The first-order chi connectivity index (χ1) is 9.61. The second-order valence-corrected chi connectivity index (χ2v) is 5.56. The number of hydrogen-bond donors (Lipinski definition) is 1. The van der Waals surface area contributed by atoms with Crippen LogP contribution in [0.25, 0.3) is 0 Å². The van der Waals surface area contributed by atoms with Gasteiger partial charge in [0.2, 0.25) is 0 Å². The molecular formula is C15H18BrNO3. The molecule has 0 saturated heterocycles. The van der Waals surface area contributed by atoms with E-state index in [-0.39, 0.29) is 11.9 Å². The molecule has 1 amide bonds. The minimum Gasteiger partial charge on any atom is -0.501 e. The van der Waals surface area contributed by atoms with E-state index >= 15 is 0 Å². The number of benzene rings is 1. The Morgan fingerprint density at radius 2 is 2.30 bits per heavy atom. The summed E-state index contributed by atoms with van der Waals surface area (Å²) >= 11 is 3.45. The van der Waals surface area contributed by atoms with Crippen LogP contribution in [0.3, 0.4) is 0 Å². The lowest BCUT2D eigenvalue weighted by Gasteiger charge is -2.18. The van der Waals surface area contributed by atoms with Gasteiger partial charge in [0, 0.05) is 0 Å². The van der Waals surface area contributed by atoms with Gasteiger partial charge in [-0.15, -0.1) is 0 Å². The number of carbonyl (C=O) groups excluding carboxylic acids is 1. The molecule has 1 unspecified atom stereocenters. The summed E-state index contributed by atoms with van der Waals surface area (Å²) in [5, 5.41) is 2.98. The number of amides is 1. The fourth-order valence-electron chi connectivity index (χ4n) is 2.06. The van der Waals surface area contributed by atoms with Crippen LogP contribution in [-0.4, -0.2) is 19.6 Å². The maximum absolute atomic E-state index is 12.1. The van der Waals surface area contributed by atoms with Crippen LogP contribution in [-0.2, 0) is 9.53 Å². The molecule has 1 aromatic rings. The highest BCUT2D eigenvalue weighted by Gasteiger charge is 2.16. The zero-order valence-corrected chi connectivity index (χ0v) is 13.2. The molecule has 0 fully saturated rings. The van der Waals surface area contributed by atoms with Crippen LogP contribution in [0.2, 0.25) is 0 Å². The average molecular weight is 340 g/mol. The van der Waals surface area contributed by atoms with E-state index < -0.39 is 0 Å². The average Bonchev–Trinajstić information content (AvgIpc) is 2.48. The molecule has 5 heteroatoms. The number of carbonyl (C=O) groups is 1. The fraction of sp³-hybridized carbons (Fsp3) is 0.400. The van der Waals surface area contributed by atoms with Gasteiger partial charge < -0.3 is 14.8 Å². The summed E-state index contributed by atoms with van der Waals surface area (Å²) in [6, 6.07) is 5.70. The molecule has 108 valence electrons. The predicted molar refractivity (Wildman–Crippen MR) is 80.5 cm³/mol. The standard InChI is InChI=1S/C15H18BrNO3/c1-10(11-5-6-14(19-2)13(16)8-11)17-15(18)12-4-3-7-20-9-12/h5-6,8-10H,3-4,7H2,1-2H3,(H,17,18). The second-order valence-electron chi connectivity index (χ2n) is 4.71. The van der Waals surface area contributed by atoms with Gasteiger partial charge in [0.25, 0.3) is 5.91 Å². The first-order valence-corrected chi connectivity index (χ1v) is 7.36. The third kappa shape index (κ3) is 3.54. The van der Waals surface area contributed by atoms with E-state index in [4.69, 9.17) is 9.47 Å². The molecule has 0 spiro atoms. The molecule has 1 aliphatic heterocycles. The van der Waals surface area contributed by atoms with Crippen molar-refractivity contribution in [2.75, 3.05) is 13.7 Å². The number of methoxy groups -OCH3 is 1. The number of hydrogen-bond acceptors (Lipinski definition) is 3. The largest absolute Gasteiger partial charge is 0.501 e. The summed E-state index contributed by atoms with van der Waals surface area (Å²) in [5.74, 6) is 0.708. The Morgan fingerprint density at radius 3 is 2.90 bits per heavy atom. The molecule has 2 rings (SSSR count). The van der Waals surface area contributed by atoms with Crippen molar-refractivity contribution in [3.8, 4) is 5.75 Å². The van der Waals surface area contributed by atoms with E-state index in [9.17, 15) is 4.79 Å². The lowest BCUT2D eigenvalue weighted by Crippen LogP contribution is -2.29. The highest BCUT2D eigenvalue weighted by molar-refractivity contribution is 9.10. The zero-order valence-electron chi connectivity index (χ0n) is 11.6. The molecule has 0 saturated carbocycles. The Kier molecular flexibility index (Phi) is 5.06. The Morgan fingerprint density at radius 1 is 1.50 bits per heavy atom. The van der Waals surface area contributed by atoms with E-state index in [2.05, 4.69) is 21.2 Å². The first-order valence-electron chi connectivity index (χ1n) is 6.56. The number of rotatable bonds is 4. The van der Waals surface area contributed by atoms with Gasteiger partial charge in [-0.25, -0.2) is 0 Å². The monoisotopic (exact) mass is 339 g/mol. The Balaban J connectivity index is 2.04. The quantitative estimate of drug-likeness (QED) is 0.915. The van der Waals surface area contributed by atoms with Crippen molar-refractivity contribution in [2.24, 2.45) is 0 Å². The molecule has 0 aliphatic carbocycles. The molecule has 1 aromatic carbocycles. The van der Waals surface area contributed by atoms with E-state index in [1.807, 2.05) is 25.1 Å². The summed E-state index contributed by atoms with van der Waals surface area (Å²) in [4.78, 5) is 12.1. The molecule has 0 aromatic heterocycles. The molecule has 20 heavy (non-hydrogen) atoms. The Hall–Kier alpha value is -1.49. The van der Waals surface area contributed by atoms with Crippen LogP contribution < -0.4 is 10.1 Å². The van der Waals surface area contributed by atoms with Gasteiger partial charge in [-0.3, -0.25) is 4.79 Å². The first kappa shape index (κ1) is 14.9. The number of ether oxygens (including phenoxy) is 2. The predicted octanol–water partition coefficient (Wildman–Crippen LogP) is 3.33. The van der Waals surface area contributed by atoms with Gasteiger partial charge in [0.15, 0.2) is 0 Å². The summed E-state index contributed by atoms with van der Waals surface area (Å²) in [6.45, 7) is 2.65. The second kappa shape index (κ2) is 6.79. The maximum Gasteiger partial charge on any atom is 0.250 e. The normalized spacial score (nSPS) is 15.8. The van der Waals surface area contributed by atoms with Crippen molar-refractivity contribution in [3.05, 3.63) is 40.1 Å². The van der Waals surface area contributed by atoms with Crippen molar-refractivity contribution >= 4 is 21.8 Å². The van der Waals surface area contributed by atoms with Gasteiger partial charge >= 0.3 is 0 Å². The van der Waals surface area contributed by atoms with E-state index in [1.165, 1.54) is 0 Å². The minimum atomic E-state index is -0.0764. The molecule has 0 bridgehead atoms. The Bertz CT molecular complexity index is 528. The van der Waals surface area contributed by atoms with Crippen LogP contribution in [0, 0.1) is 0 Å². The summed E-state index contributed by atoms with van der Waals surface area (Å²) in [5.41, 5.74) is 1.72. The lowest BCUT2D eigenvalue weighted by molar-refractivity contribution is -0.118. The van der Waals surface area contributed by atoms with Crippen LogP contribution in [0.15, 0.2) is 34.5 Å². The zero-order chi connectivity index (χ0) is 14.5. The van der Waals surface area contributed by atoms with Gasteiger partial charge in [-0.1, -0.05) is 6.07 Å². The third-order valence-corrected chi connectivity index (χ3v) is 3.87. The molecule has 4 nitrogen and oxygen atoms in total. The van der Waals surface area contributed by atoms with Crippen molar-refractivity contribution in [1.82, 2.24) is 5.32 Å². The van der Waals surface area contributed by atoms with Gasteiger partial charge in [-0.05, 0) is 53.4 Å². The van der Waals surface area contributed by atoms with E-state index in [0.717, 1.165) is 28.6 Å². The van der Waals surface area contributed by atoms with E-state index in [1.54, 1.807) is 13.4 Å². The maximum atomic E-state index is 12.1. The number of halogens is 1. The lowest BCUT2D eigenvalue weighted by atomic mass is 10.1. The molecular weight excluding hydrogens is 322 g/mol. The van der Waals surface area contributed by atoms with Gasteiger partial charge in [0.1, 0.15) is 5.75 Å².